The van der Waals surface area contributed by atoms with E-state index in [-0.39, 0.29) is 11.9 Å². The summed E-state index contributed by atoms with van der Waals surface area (Å²) >= 11 is 1.63. The van der Waals surface area contributed by atoms with Crippen molar-refractivity contribution in [2.45, 2.75) is 26.4 Å². The van der Waals surface area contributed by atoms with Crippen molar-refractivity contribution < 1.29 is 4.79 Å². The molecule has 3 aromatic heterocycles. The Morgan fingerprint density at radius 2 is 2.29 bits per heavy atom. The highest BCUT2D eigenvalue weighted by Crippen LogP contribution is 2.18. The highest BCUT2D eigenvalue weighted by molar-refractivity contribution is 7.09. The van der Waals surface area contributed by atoms with Gasteiger partial charge in [-0.15, -0.1) is 11.3 Å². The van der Waals surface area contributed by atoms with Crippen molar-refractivity contribution in [1.29, 1.82) is 0 Å². The molecule has 1 N–H and O–H groups in total. The third kappa shape index (κ3) is 2.56. The second-order valence-electron chi connectivity index (χ2n) is 5.03. The molecule has 0 fully saturated rings. The number of thiophene rings is 1. The molecule has 0 bridgehead atoms. The Morgan fingerprint density at radius 3 is 2.95 bits per heavy atom. The van der Waals surface area contributed by atoms with Crippen LogP contribution in [0.4, 0.5) is 0 Å². The van der Waals surface area contributed by atoms with E-state index in [2.05, 4.69) is 15.5 Å². The van der Waals surface area contributed by atoms with Crippen molar-refractivity contribution in [2.75, 3.05) is 0 Å². The van der Waals surface area contributed by atoms with Gasteiger partial charge in [0.05, 0.1) is 18.4 Å². The van der Waals surface area contributed by atoms with Gasteiger partial charge < -0.3 is 5.32 Å². The zero-order valence-corrected chi connectivity index (χ0v) is 13.0. The average Bonchev–Trinajstić information content (AvgIpc) is 3.16. The van der Waals surface area contributed by atoms with E-state index in [1.165, 1.54) is 0 Å². The number of aromatic nitrogens is 4. The molecule has 0 saturated carbocycles. The first-order valence-electron chi connectivity index (χ1n) is 6.75. The first kappa shape index (κ1) is 13.8. The minimum atomic E-state index is -0.350. The molecule has 6 nitrogen and oxygen atoms in total. The van der Waals surface area contributed by atoms with Crippen LogP contribution >= 0.6 is 11.3 Å². The van der Waals surface area contributed by atoms with Crippen molar-refractivity contribution in [1.82, 2.24) is 24.9 Å². The molecule has 21 heavy (non-hydrogen) atoms. The summed E-state index contributed by atoms with van der Waals surface area (Å²) in [6, 6.07) is 3.63. The van der Waals surface area contributed by atoms with Crippen molar-refractivity contribution in [2.24, 2.45) is 7.05 Å². The molecule has 0 saturated heterocycles. The maximum absolute atomic E-state index is 12.2. The molecular weight excluding hydrogens is 286 g/mol. The molecule has 0 unspecified atom stereocenters. The van der Waals surface area contributed by atoms with Crippen LogP contribution in [0.3, 0.4) is 0 Å². The molecule has 0 aliphatic heterocycles. The normalized spacial score (nSPS) is 12.7. The van der Waals surface area contributed by atoms with Crippen LogP contribution in [0.15, 0.2) is 23.7 Å². The van der Waals surface area contributed by atoms with Gasteiger partial charge in [-0.2, -0.15) is 10.2 Å². The third-order valence-corrected chi connectivity index (χ3v) is 4.37. The number of carbonyl (C=O) groups excluding carboxylic acids is 1. The highest BCUT2D eigenvalue weighted by atomic mass is 32.1. The second kappa shape index (κ2) is 5.33. The lowest BCUT2D eigenvalue weighted by Crippen LogP contribution is -2.30. The van der Waals surface area contributed by atoms with Gasteiger partial charge in [0.2, 0.25) is 5.91 Å². The lowest BCUT2D eigenvalue weighted by atomic mass is 10.3. The maximum atomic E-state index is 12.2. The van der Waals surface area contributed by atoms with Crippen molar-refractivity contribution in [3.63, 3.8) is 0 Å². The van der Waals surface area contributed by atoms with Gasteiger partial charge in [0.25, 0.3) is 0 Å². The highest BCUT2D eigenvalue weighted by Gasteiger charge is 2.18. The number of aryl methyl sites for hydroxylation is 2. The van der Waals surface area contributed by atoms with Gasteiger partial charge in [-0.3, -0.25) is 14.2 Å². The molecule has 3 rings (SSSR count). The molecular formula is C14H17N5OS. The summed E-state index contributed by atoms with van der Waals surface area (Å²) in [7, 11) is 1.88. The lowest BCUT2D eigenvalue weighted by molar-refractivity contribution is -0.124. The Labute approximate surface area is 126 Å². The van der Waals surface area contributed by atoms with Crippen LogP contribution < -0.4 is 5.32 Å². The van der Waals surface area contributed by atoms with Crippen molar-refractivity contribution >= 4 is 28.3 Å². The maximum Gasteiger partial charge on any atom is 0.244 e. The third-order valence-electron chi connectivity index (χ3n) is 3.50. The Hall–Kier alpha value is -2.15. The van der Waals surface area contributed by atoms with E-state index in [1.54, 1.807) is 20.7 Å². The van der Waals surface area contributed by atoms with Crippen molar-refractivity contribution in [3.8, 4) is 0 Å². The summed E-state index contributed by atoms with van der Waals surface area (Å²) in [5.41, 5.74) is 2.65. The number of hydrogen-bond donors (Lipinski definition) is 1. The molecule has 3 aromatic rings. The Bertz CT molecular complexity index is 736. The summed E-state index contributed by atoms with van der Waals surface area (Å²) in [5, 5.41) is 13.7. The number of nitrogens with one attached hydrogen (secondary N) is 1. The monoisotopic (exact) mass is 303 g/mol. The number of carbonyl (C=O) groups is 1. The van der Waals surface area contributed by atoms with Crippen LogP contribution in [0, 0.1) is 6.92 Å². The molecule has 3 heterocycles. The fraction of sp³-hybridized carbons (Fsp3) is 0.357. The van der Waals surface area contributed by atoms with Gasteiger partial charge in [-0.1, -0.05) is 6.07 Å². The fourth-order valence-corrected chi connectivity index (χ4v) is 2.90. The van der Waals surface area contributed by atoms with Crippen LogP contribution in [0.2, 0.25) is 0 Å². The number of rotatable bonds is 4. The van der Waals surface area contributed by atoms with Gasteiger partial charge in [-0.25, -0.2) is 0 Å². The second-order valence-corrected chi connectivity index (χ2v) is 6.06. The summed E-state index contributed by atoms with van der Waals surface area (Å²) in [4.78, 5) is 13.4. The Kier molecular flexibility index (Phi) is 3.50. The van der Waals surface area contributed by atoms with Gasteiger partial charge >= 0.3 is 0 Å². The molecule has 1 atom stereocenters. The van der Waals surface area contributed by atoms with Gasteiger partial charge in [0.15, 0.2) is 0 Å². The Balaban J connectivity index is 1.74. The SMILES string of the molecule is Cc1nn(C)c2cn([C@@H](C)C(=O)NCc3cccs3)nc12. The van der Waals surface area contributed by atoms with Crippen LogP contribution in [0.1, 0.15) is 23.5 Å². The molecule has 110 valence electrons. The first-order valence-corrected chi connectivity index (χ1v) is 7.63. The molecule has 7 heteroatoms. The number of fused-ring (bicyclic) bond motifs is 1. The summed E-state index contributed by atoms with van der Waals surface area (Å²) < 4.78 is 3.48. The largest absolute Gasteiger partial charge is 0.349 e. The molecule has 0 aliphatic rings. The predicted octanol–water partition coefficient (Wildman–Crippen LogP) is 2.02. The van der Waals surface area contributed by atoms with Gasteiger partial charge in [0.1, 0.15) is 17.1 Å². The van der Waals surface area contributed by atoms with E-state index in [9.17, 15) is 4.79 Å². The summed E-state index contributed by atoms with van der Waals surface area (Å²) in [5.74, 6) is -0.0400. The van der Waals surface area contributed by atoms with Gasteiger partial charge in [0, 0.05) is 11.9 Å². The summed E-state index contributed by atoms with van der Waals surface area (Å²) in [6.45, 7) is 4.32. The topological polar surface area (TPSA) is 64.7 Å². The lowest BCUT2D eigenvalue weighted by Gasteiger charge is -2.12. The van der Waals surface area contributed by atoms with Crippen LogP contribution in [0.25, 0.3) is 11.0 Å². The van der Waals surface area contributed by atoms with E-state index < -0.39 is 0 Å². The molecule has 0 aliphatic carbocycles. The van der Waals surface area contributed by atoms with Crippen molar-refractivity contribution in [3.05, 3.63) is 34.3 Å². The minimum absolute atomic E-state index is 0.0400. The number of amides is 1. The van der Waals surface area contributed by atoms with Crippen LogP contribution in [-0.4, -0.2) is 25.5 Å². The van der Waals surface area contributed by atoms with E-state index in [1.807, 2.05) is 44.6 Å². The van der Waals surface area contributed by atoms with E-state index in [0.717, 1.165) is 21.6 Å². The molecule has 0 aromatic carbocycles. The molecule has 0 radical (unpaired) electrons. The minimum Gasteiger partial charge on any atom is -0.349 e. The molecule has 0 spiro atoms. The standard InChI is InChI=1S/C14H17N5OS/c1-9-13-12(18(3)16-9)8-19(17-13)10(2)14(20)15-7-11-5-4-6-21-11/h4-6,8,10H,7H2,1-3H3,(H,15,20)/t10-/m0/s1. The predicted molar refractivity (Wildman–Crippen MR) is 82.1 cm³/mol. The number of nitrogens with zero attached hydrogens (tertiary/aromatic N) is 4. The quantitative estimate of drug-likeness (QED) is 0.802. The molecule has 1 amide bonds. The first-order chi connectivity index (χ1) is 10.1. The van der Waals surface area contributed by atoms with Crippen LogP contribution in [-0.2, 0) is 18.4 Å². The van der Waals surface area contributed by atoms with Gasteiger partial charge in [-0.05, 0) is 25.3 Å². The Morgan fingerprint density at radius 1 is 1.48 bits per heavy atom. The summed E-state index contributed by atoms with van der Waals surface area (Å²) in [6.07, 6.45) is 1.87. The number of hydrogen-bond acceptors (Lipinski definition) is 4. The average molecular weight is 303 g/mol. The fourth-order valence-electron chi connectivity index (χ4n) is 2.26. The zero-order chi connectivity index (χ0) is 15.0. The van der Waals surface area contributed by atoms with E-state index in [4.69, 9.17) is 0 Å². The van der Waals surface area contributed by atoms with E-state index in [0.29, 0.717) is 6.54 Å². The van der Waals surface area contributed by atoms with Crippen LogP contribution in [0.5, 0.6) is 0 Å². The van der Waals surface area contributed by atoms with E-state index >= 15 is 0 Å². The smallest absolute Gasteiger partial charge is 0.244 e. The zero-order valence-electron chi connectivity index (χ0n) is 12.2.